The van der Waals surface area contributed by atoms with Gasteiger partial charge in [-0.3, -0.25) is 0 Å². The molecule has 2 N–H and O–H groups in total. The Balaban J connectivity index is 2.51. The maximum absolute atomic E-state index is 8.80. The van der Waals surface area contributed by atoms with Crippen molar-refractivity contribution < 1.29 is 5.11 Å². The topological polar surface area (TPSA) is 35.5 Å². The Bertz CT molecular complexity index is 364. The van der Waals surface area contributed by atoms with Crippen LogP contribution in [0, 0.1) is 0 Å². The SMILES string of the molecule is CCCNC(CC)c1ccc(N(C)CCCCCO)cc1. The average Bonchev–Trinajstić information content (AvgIpc) is 2.52. The summed E-state index contributed by atoms with van der Waals surface area (Å²) in [5, 5.41) is 12.4. The molecule has 0 spiro atoms. The van der Waals surface area contributed by atoms with E-state index in [0.717, 1.165) is 38.8 Å². The van der Waals surface area contributed by atoms with Gasteiger partial charge in [0, 0.05) is 31.9 Å². The second-order valence-corrected chi connectivity index (χ2v) is 5.71. The first-order valence-corrected chi connectivity index (χ1v) is 8.38. The minimum atomic E-state index is 0.307. The summed E-state index contributed by atoms with van der Waals surface area (Å²) >= 11 is 0. The predicted molar refractivity (Wildman–Crippen MR) is 92.0 cm³/mol. The summed E-state index contributed by atoms with van der Waals surface area (Å²) in [6.45, 7) is 6.86. The van der Waals surface area contributed by atoms with Crippen LogP contribution in [0.3, 0.4) is 0 Å². The van der Waals surface area contributed by atoms with E-state index in [4.69, 9.17) is 5.11 Å². The zero-order valence-corrected chi connectivity index (χ0v) is 13.9. The zero-order chi connectivity index (χ0) is 15.5. The Hall–Kier alpha value is -1.06. The maximum atomic E-state index is 8.80. The van der Waals surface area contributed by atoms with E-state index in [0.29, 0.717) is 12.6 Å². The Morgan fingerprint density at radius 2 is 1.81 bits per heavy atom. The number of nitrogens with zero attached hydrogens (tertiary/aromatic N) is 1. The zero-order valence-electron chi connectivity index (χ0n) is 13.9. The highest BCUT2D eigenvalue weighted by atomic mass is 16.2. The highest BCUT2D eigenvalue weighted by Gasteiger charge is 2.08. The van der Waals surface area contributed by atoms with E-state index in [2.05, 4.69) is 55.4 Å². The van der Waals surface area contributed by atoms with Crippen LogP contribution in [0.4, 0.5) is 5.69 Å². The van der Waals surface area contributed by atoms with Crippen LogP contribution >= 0.6 is 0 Å². The molecule has 0 bridgehead atoms. The molecule has 21 heavy (non-hydrogen) atoms. The third-order valence-corrected chi connectivity index (χ3v) is 3.94. The van der Waals surface area contributed by atoms with E-state index < -0.39 is 0 Å². The Kier molecular flexibility index (Phi) is 9.11. The average molecular weight is 292 g/mol. The molecule has 0 aliphatic heterocycles. The van der Waals surface area contributed by atoms with Crippen molar-refractivity contribution in [3.05, 3.63) is 29.8 Å². The van der Waals surface area contributed by atoms with Crippen molar-refractivity contribution in [2.45, 2.75) is 52.0 Å². The lowest BCUT2D eigenvalue weighted by Crippen LogP contribution is -2.22. The lowest BCUT2D eigenvalue weighted by atomic mass is 10.0. The molecule has 0 aliphatic rings. The highest BCUT2D eigenvalue weighted by molar-refractivity contribution is 5.47. The summed E-state index contributed by atoms with van der Waals surface area (Å²) in [7, 11) is 2.14. The Morgan fingerprint density at radius 1 is 1.10 bits per heavy atom. The molecule has 0 saturated heterocycles. The predicted octanol–water partition coefficient (Wildman–Crippen LogP) is 3.74. The lowest BCUT2D eigenvalue weighted by molar-refractivity contribution is 0.283. The van der Waals surface area contributed by atoms with Gasteiger partial charge in [0.2, 0.25) is 0 Å². The van der Waals surface area contributed by atoms with Gasteiger partial charge in [-0.05, 0) is 56.3 Å². The number of rotatable bonds is 11. The molecule has 0 aromatic heterocycles. The summed E-state index contributed by atoms with van der Waals surface area (Å²) in [5.41, 5.74) is 2.65. The van der Waals surface area contributed by atoms with Crippen LogP contribution in [0.1, 0.15) is 57.6 Å². The fourth-order valence-electron chi connectivity index (χ4n) is 2.54. The van der Waals surface area contributed by atoms with Crippen LogP contribution in [0.5, 0.6) is 0 Å². The number of aliphatic hydroxyl groups is 1. The highest BCUT2D eigenvalue weighted by Crippen LogP contribution is 2.21. The number of hydrogen-bond donors (Lipinski definition) is 2. The van der Waals surface area contributed by atoms with E-state index in [1.54, 1.807) is 0 Å². The maximum Gasteiger partial charge on any atom is 0.0431 e. The van der Waals surface area contributed by atoms with Gasteiger partial charge >= 0.3 is 0 Å². The summed E-state index contributed by atoms with van der Waals surface area (Å²) in [5.74, 6) is 0. The van der Waals surface area contributed by atoms with Crippen LogP contribution in [-0.4, -0.2) is 31.9 Å². The molecule has 120 valence electrons. The fraction of sp³-hybridized carbons (Fsp3) is 0.667. The molecule has 0 aliphatic carbocycles. The van der Waals surface area contributed by atoms with E-state index in [9.17, 15) is 0 Å². The Morgan fingerprint density at radius 3 is 2.38 bits per heavy atom. The van der Waals surface area contributed by atoms with Gasteiger partial charge in [-0.1, -0.05) is 26.0 Å². The molecule has 0 saturated carbocycles. The molecule has 1 atom stereocenters. The quantitative estimate of drug-likeness (QED) is 0.610. The van der Waals surface area contributed by atoms with Gasteiger partial charge in [0.25, 0.3) is 0 Å². The summed E-state index contributed by atoms with van der Waals surface area (Å²) in [6, 6.07) is 9.40. The lowest BCUT2D eigenvalue weighted by Gasteiger charge is -2.21. The van der Waals surface area contributed by atoms with Crippen LogP contribution in [0.2, 0.25) is 0 Å². The molecule has 1 rings (SSSR count). The molecule has 0 radical (unpaired) electrons. The monoisotopic (exact) mass is 292 g/mol. The van der Waals surface area contributed by atoms with Gasteiger partial charge in [0.05, 0.1) is 0 Å². The number of unbranched alkanes of at least 4 members (excludes halogenated alkanes) is 2. The van der Waals surface area contributed by atoms with Crippen molar-refractivity contribution >= 4 is 5.69 Å². The molecular weight excluding hydrogens is 260 g/mol. The van der Waals surface area contributed by atoms with Crippen LogP contribution < -0.4 is 10.2 Å². The van der Waals surface area contributed by atoms with Crippen molar-refractivity contribution in [3.8, 4) is 0 Å². The Labute approximate surface area is 130 Å². The molecule has 0 amide bonds. The van der Waals surface area contributed by atoms with Crippen LogP contribution in [-0.2, 0) is 0 Å². The van der Waals surface area contributed by atoms with E-state index >= 15 is 0 Å². The second kappa shape index (κ2) is 10.6. The van der Waals surface area contributed by atoms with Gasteiger partial charge in [-0.2, -0.15) is 0 Å². The van der Waals surface area contributed by atoms with Gasteiger partial charge in [0.15, 0.2) is 0 Å². The minimum Gasteiger partial charge on any atom is -0.396 e. The van der Waals surface area contributed by atoms with Crippen molar-refractivity contribution in [1.29, 1.82) is 0 Å². The van der Waals surface area contributed by atoms with E-state index in [1.807, 2.05) is 0 Å². The van der Waals surface area contributed by atoms with E-state index in [1.165, 1.54) is 17.7 Å². The molecule has 1 unspecified atom stereocenters. The molecule has 0 fully saturated rings. The van der Waals surface area contributed by atoms with Crippen molar-refractivity contribution in [1.82, 2.24) is 5.32 Å². The summed E-state index contributed by atoms with van der Waals surface area (Å²) in [6.07, 6.45) is 5.43. The van der Waals surface area contributed by atoms with E-state index in [-0.39, 0.29) is 0 Å². The third-order valence-electron chi connectivity index (χ3n) is 3.94. The normalized spacial score (nSPS) is 12.4. The first kappa shape index (κ1) is 18.0. The number of aliphatic hydroxyl groups excluding tert-OH is 1. The number of nitrogens with one attached hydrogen (secondary N) is 1. The third kappa shape index (κ3) is 6.49. The largest absolute Gasteiger partial charge is 0.396 e. The van der Waals surface area contributed by atoms with Crippen LogP contribution in [0.25, 0.3) is 0 Å². The second-order valence-electron chi connectivity index (χ2n) is 5.71. The van der Waals surface area contributed by atoms with Crippen LogP contribution in [0.15, 0.2) is 24.3 Å². The fourth-order valence-corrected chi connectivity index (χ4v) is 2.54. The van der Waals surface area contributed by atoms with Gasteiger partial charge in [-0.25, -0.2) is 0 Å². The molecule has 1 aromatic carbocycles. The molecular formula is C18H32N2O. The van der Waals surface area contributed by atoms with Gasteiger partial charge < -0.3 is 15.3 Å². The standard InChI is InChI=1S/C18H32N2O/c1-4-13-19-18(5-2)16-9-11-17(12-10-16)20(3)14-7-6-8-15-21/h9-12,18-19,21H,4-8,13-15H2,1-3H3. The first-order chi connectivity index (χ1) is 10.2. The molecule has 1 aromatic rings. The molecule has 0 heterocycles. The van der Waals surface area contributed by atoms with Crippen molar-refractivity contribution in [3.63, 3.8) is 0 Å². The van der Waals surface area contributed by atoms with Crippen molar-refractivity contribution in [2.75, 3.05) is 31.6 Å². The number of anilines is 1. The van der Waals surface area contributed by atoms with Gasteiger partial charge in [0.1, 0.15) is 0 Å². The number of hydrogen-bond acceptors (Lipinski definition) is 3. The smallest absolute Gasteiger partial charge is 0.0431 e. The van der Waals surface area contributed by atoms with Gasteiger partial charge in [-0.15, -0.1) is 0 Å². The molecule has 3 nitrogen and oxygen atoms in total. The first-order valence-electron chi connectivity index (χ1n) is 8.38. The minimum absolute atomic E-state index is 0.307. The summed E-state index contributed by atoms with van der Waals surface area (Å²) in [4.78, 5) is 2.29. The number of benzene rings is 1. The van der Waals surface area contributed by atoms with Crippen molar-refractivity contribution in [2.24, 2.45) is 0 Å². The summed E-state index contributed by atoms with van der Waals surface area (Å²) < 4.78 is 0. The molecule has 3 heteroatoms.